The number of rotatable bonds is 7. The maximum atomic E-state index is 13.3. The highest BCUT2D eigenvalue weighted by Gasteiger charge is 2.30. The van der Waals surface area contributed by atoms with Crippen molar-refractivity contribution in [2.75, 3.05) is 33.3 Å². The van der Waals surface area contributed by atoms with Crippen LogP contribution in [0.25, 0.3) is 0 Å². The zero-order valence-electron chi connectivity index (χ0n) is 18.0. The van der Waals surface area contributed by atoms with Gasteiger partial charge in [-0.2, -0.15) is 4.31 Å². The van der Waals surface area contributed by atoms with E-state index >= 15 is 0 Å². The Morgan fingerprint density at radius 2 is 1.84 bits per heavy atom. The highest BCUT2D eigenvalue weighted by atomic mass is 35.5. The van der Waals surface area contributed by atoms with Crippen molar-refractivity contribution < 1.29 is 13.2 Å². The summed E-state index contributed by atoms with van der Waals surface area (Å²) >= 11 is 6.07. The minimum absolute atomic E-state index is 0.111. The van der Waals surface area contributed by atoms with Crippen LogP contribution < -0.4 is 4.74 Å². The highest BCUT2D eigenvalue weighted by Crippen LogP contribution is 2.30. The molecule has 0 spiro atoms. The lowest BCUT2D eigenvalue weighted by atomic mass is 10.2. The van der Waals surface area contributed by atoms with Gasteiger partial charge in [0.2, 0.25) is 10.0 Å². The van der Waals surface area contributed by atoms with Crippen LogP contribution in [0, 0.1) is 0 Å². The Morgan fingerprint density at radius 3 is 2.62 bits per heavy atom. The fourth-order valence-corrected chi connectivity index (χ4v) is 5.84. The fourth-order valence-electron chi connectivity index (χ4n) is 3.95. The molecule has 0 radical (unpaired) electrons. The third-order valence-corrected chi connectivity index (χ3v) is 7.81. The summed E-state index contributed by atoms with van der Waals surface area (Å²) in [7, 11) is -2.25. The van der Waals surface area contributed by atoms with Gasteiger partial charge in [0.05, 0.1) is 13.7 Å². The van der Waals surface area contributed by atoms with Crippen LogP contribution in [0.5, 0.6) is 5.75 Å². The molecule has 0 bridgehead atoms. The zero-order chi connectivity index (χ0) is 22.6. The van der Waals surface area contributed by atoms with Gasteiger partial charge in [0.25, 0.3) is 0 Å². The maximum Gasteiger partial charge on any atom is 0.246 e. The molecule has 0 atom stereocenters. The lowest BCUT2D eigenvalue weighted by molar-refractivity contribution is 0.268. The van der Waals surface area contributed by atoms with Gasteiger partial charge in [0, 0.05) is 43.6 Å². The Kier molecular flexibility index (Phi) is 7.15. The number of nitrogens with zero attached hydrogens (tertiary/aromatic N) is 4. The van der Waals surface area contributed by atoms with Gasteiger partial charge in [-0.15, -0.1) is 0 Å². The first-order chi connectivity index (χ1) is 15.5. The first-order valence-electron chi connectivity index (χ1n) is 10.6. The molecule has 0 unspecified atom stereocenters. The van der Waals surface area contributed by atoms with Gasteiger partial charge in [-0.05, 0) is 36.7 Å². The smallest absolute Gasteiger partial charge is 0.246 e. The van der Waals surface area contributed by atoms with Crippen LogP contribution in [-0.4, -0.2) is 60.5 Å². The number of sulfonamides is 1. The lowest BCUT2D eigenvalue weighted by Gasteiger charge is -2.22. The van der Waals surface area contributed by atoms with E-state index in [-0.39, 0.29) is 4.90 Å². The first-order valence-corrected chi connectivity index (χ1v) is 12.4. The Bertz CT molecular complexity index is 1150. The van der Waals surface area contributed by atoms with E-state index in [2.05, 4.69) is 26.6 Å². The molecule has 1 aliphatic heterocycles. The van der Waals surface area contributed by atoms with Crippen LogP contribution >= 0.6 is 11.6 Å². The third kappa shape index (κ3) is 5.15. The van der Waals surface area contributed by atoms with Crippen molar-refractivity contribution in [2.45, 2.75) is 24.4 Å². The zero-order valence-corrected chi connectivity index (χ0v) is 19.6. The third-order valence-electron chi connectivity index (χ3n) is 5.65. The molecular formula is C23H27ClN4O3S. The molecule has 1 fully saturated rings. The number of imidazole rings is 1. The molecule has 0 N–H and O–H groups in total. The van der Waals surface area contributed by atoms with Crippen molar-refractivity contribution in [3.63, 3.8) is 0 Å². The summed E-state index contributed by atoms with van der Waals surface area (Å²) in [5.74, 6) is 1.28. The predicted molar refractivity (Wildman–Crippen MR) is 124 cm³/mol. The molecule has 2 heterocycles. The molecule has 170 valence electrons. The van der Waals surface area contributed by atoms with Crippen LogP contribution in [-0.2, 0) is 23.1 Å². The van der Waals surface area contributed by atoms with E-state index in [9.17, 15) is 8.42 Å². The molecule has 0 saturated carbocycles. The number of methoxy groups -OCH3 is 1. The van der Waals surface area contributed by atoms with Crippen LogP contribution in [0.3, 0.4) is 0 Å². The van der Waals surface area contributed by atoms with Gasteiger partial charge in [0.1, 0.15) is 16.5 Å². The molecule has 32 heavy (non-hydrogen) atoms. The molecule has 3 aromatic rings. The van der Waals surface area contributed by atoms with Crippen molar-refractivity contribution in [3.05, 3.63) is 77.3 Å². The molecular weight excluding hydrogens is 448 g/mol. The summed E-state index contributed by atoms with van der Waals surface area (Å²) in [5, 5.41) is 0.367. The van der Waals surface area contributed by atoms with E-state index < -0.39 is 10.0 Å². The van der Waals surface area contributed by atoms with Crippen molar-refractivity contribution >= 4 is 21.6 Å². The quantitative estimate of drug-likeness (QED) is 0.524. The average Bonchev–Trinajstić information content (AvgIpc) is 3.07. The number of halogens is 1. The van der Waals surface area contributed by atoms with Gasteiger partial charge >= 0.3 is 0 Å². The number of hydrogen-bond acceptors (Lipinski definition) is 5. The minimum atomic E-state index is -3.71. The first kappa shape index (κ1) is 22.8. The normalized spacial score (nSPS) is 16.1. The maximum absolute atomic E-state index is 13.3. The largest absolute Gasteiger partial charge is 0.495 e. The van der Waals surface area contributed by atoms with Gasteiger partial charge in [-0.3, -0.25) is 4.90 Å². The van der Waals surface area contributed by atoms with E-state index in [1.165, 1.54) is 23.0 Å². The van der Waals surface area contributed by atoms with Crippen molar-refractivity contribution in [2.24, 2.45) is 0 Å². The summed E-state index contributed by atoms with van der Waals surface area (Å²) in [6, 6.07) is 14.9. The fraction of sp³-hybridized carbons (Fsp3) is 0.348. The molecule has 1 aliphatic rings. The van der Waals surface area contributed by atoms with Crippen LogP contribution in [0.15, 0.2) is 65.8 Å². The summed E-state index contributed by atoms with van der Waals surface area (Å²) in [6.45, 7) is 3.72. The van der Waals surface area contributed by atoms with Crippen LogP contribution in [0.1, 0.15) is 17.8 Å². The number of aromatic nitrogens is 2. The van der Waals surface area contributed by atoms with Gasteiger partial charge in [-0.1, -0.05) is 41.9 Å². The molecule has 2 aromatic carbocycles. The summed E-state index contributed by atoms with van der Waals surface area (Å²) in [5.41, 5.74) is 1.22. The number of ether oxygens (including phenoxy) is 1. The van der Waals surface area contributed by atoms with Gasteiger partial charge < -0.3 is 9.30 Å². The van der Waals surface area contributed by atoms with Crippen LogP contribution in [0.2, 0.25) is 5.02 Å². The Hall–Kier alpha value is -2.39. The Morgan fingerprint density at radius 1 is 1.03 bits per heavy atom. The monoisotopic (exact) mass is 474 g/mol. The Balaban J connectivity index is 1.44. The van der Waals surface area contributed by atoms with E-state index in [0.29, 0.717) is 37.0 Å². The summed E-state index contributed by atoms with van der Waals surface area (Å²) in [4.78, 5) is 6.91. The molecule has 0 amide bonds. The minimum Gasteiger partial charge on any atom is -0.495 e. The van der Waals surface area contributed by atoms with Crippen molar-refractivity contribution in [1.29, 1.82) is 0 Å². The predicted octanol–water partition coefficient (Wildman–Crippen LogP) is 3.49. The second kappa shape index (κ2) is 10.0. The van der Waals surface area contributed by atoms with E-state index in [1.807, 2.05) is 30.6 Å². The summed E-state index contributed by atoms with van der Waals surface area (Å²) < 4.78 is 35.6. The standard InChI is InChI=1S/C23H27ClN4O3S/c1-31-21-9-8-20(24)16-22(21)32(29,30)28-12-5-11-26(14-15-28)18-23-25-10-13-27(23)17-19-6-3-2-4-7-19/h2-4,6-10,13,16H,5,11-12,14-15,17-18H2,1H3. The second-order valence-corrected chi connectivity index (χ2v) is 10.1. The van der Waals surface area contributed by atoms with E-state index in [0.717, 1.165) is 25.3 Å². The average molecular weight is 475 g/mol. The lowest BCUT2D eigenvalue weighted by Crippen LogP contribution is -2.35. The van der Waals surface area contributed by atoms with Gasteiger partial charge in [-0.25, -0.2) is 13.4 Å². The van der Waals surface area contributed by atoms with Crippen LogP contribution in [0.4, 0.5) is 0 Å². The Labute approximate surface area is 194 Å². The van der Waals surface area contributed by atoms with Crippen molar-refractivity contribution in [3.8, 4) is 5.75 Å². The molecule has 4 rings (SSSR count). The number of benzene rings is 2. The summed E-state index contributed by atoms with van der Waals surface area (Å²) in [6.07, 6.45) is 4.54. The molecule has 1 aromatic heterocycles. The number of hydrogen-bond donors (Lipinski definition) is 0. The molecule has 1 saturated heterocycles. The van der Waals surface area contributed by atoms with E-state index in [4.69, 9.17) is 16.3 Å². The SMILES string of the molecule is COc1ccc(Cl)cc1S(=O)(=O)N1CCCN(Cc2nccn2Cc2ccccc2)CC1. The second-order valence-electron chi connectivity index (χ2n) is 7.79. The topological polar surface area (TPSA) is 67.7 Å². The molecule has 9 heteroatoms. The highest BCUT2D eigenvalue weighted by molar-refractivity contribution is 7.89. The molecule has 0 aliphatic carbocycles. The van der Waals surface area contributed by atoms with E-state index in [1.54, 1.807) is 12.1 Å². The van der Waals surface area contributed by atoms with Crippen molar-refractivity contribution in [1.82, 2.24) is 18.8 Å². The molecule has 7 nitrogen and oxygen atoms in total. The van der Waals surface area contributed by atoms with Gasteiger partial charge in [0.15, 0.2) is 0 Å².